The van der Waals surface area contributed by atoms with Gasteiger partial charge >= 0.3 is 5.97 Å². The van der Waals surface area contributed by atoms with Gasteiger partial charge in [-0.25, -0.2) is 4.79 Å². The molecule has 0 saturated carbocycles. The molecular weight excluding hydrogens is 184 g/mol. The maximum atomic E-state index is 10.1. The number of aliphatic hydroxyl groups excluding tert-OH is 1. The van der Waals surface area contributed by atoms with Crippen LogP contribution >= 0.6 is 0 Å². The lowest BCUT2D eigenvalue weighted by atomic mass is 10.4. The number of esters is 1. The molecule has 0 unspecified atom stereocenters. The third-order valence-electron chi connectivity index (χ3n) is 1.35. The van der Waals surface area contributed by atoms with Gasteiger partial charge in [0.2, 0.25) is 6.29 Å². The third-order valence-corrected chi connectivity index (χ3v) is 1.35. The van der Waals surface area contributed by atoms with Gasteiger partial charge in [0.25, 0.3) is 0 Å². The number of rotatable bonds is 6. The van der Waals surface area contributed by atoms with E-state index < -0.39 is 5.97 Å². The van der Waals surface area contributed by atoms with Crippen molar-refractivity contribution in [3.05, 3.63) is 0 Å². The highest BCUT2D eigenvalue weighted by Gasteiger charge is 1.95. The molecule has 0 amide bonds. The van der Waals surface area contributed by atoms with Gasteiger partial charge in [-0.3, -0.25) is 4.79 Å². The first-order chi connectivity index (χ1) is 6.72. The monoisotopic (exact) mass is 204 g/mol. The highest BCUT2D eigenvalue weighted by atomic mass is 16.5. The van der Waals surface area contributed by atoms with Gasteiger partial charge in [0.1, 0.15) is 0 Å². The van der Waals surface area contributed by atoms with Crippen LogP contribution < -0.4 is 0 Å². The van der Waals surface area contributed by atoms with Gasteiger partial charge in [0.05, 0.1) is 6.61 Å². The summed E-state index contributed by atoms with van der Waals surface area (Å²) in [6.45, 7) is 4.73. The molecule has 0 bridgehead atoms. The number of ether oxygens (including phenoxy) is 1. The molecule has 0 aliphatic carbocycles. The number of carbonyl (C=O) groups is 2. The summed E-state index contributed by atoms with van der Waals surface area (Å²) in [5.41, 5.74) is 0. The van der Waals surface area contributed by atoms with Crippen molar-refractivity contribution in [2.45, 2.75) is 39.5 Å². The summed E-state index contributed by atoms with van der Waals surface area (Å²) in [5.74, 6) is -0.775. The van der Waals surface area contributed by atoms with Gasteiger partial charge in [0.15, 0.2) is 0 Å². The van der Waals surface area contributed by atoms with Crippen molar-refractivity contribution in [1.29, 1.82) is 0 Å². The maximum Gasteiger partial charge on any atom is 0.371 e. The fourth-order valence-corrected chi connectivity index (χ4v) is 0.509. The lowest BCUT2D eigenvalue weighted by Gasteiger charge is -1.95. The smallest absolute Gasteiger partial charge is 0.371 e. The van der Waals surface area contributed by atoms with Crippen molar-refractivity contribution in [2.24, 2.45) is 0 Å². The molecule has 0 fully saturated rings. The van der Waals surface area contributed by atoms with E-state index in [0.29, 0.717) is 13.2 Å². The zero-order chi connectivity index (χ0) is 11.2. The molecule has 4 heteroatoms. The Morgan fingerprint density at radius 3 is 2.14 bits per heavy atom. The second-order valence-electron chi connectivity index (χ2n) is 2.72. The van der Waals surface area contributed by atoms with Crippen LogP contribution in [0, 0.1) is 0 Å². The summed E-state index contributed by atoms with van der Waals surface area (Å²) in [6.07, 6.45) is 4.00. The average Bonchev–Trinajstić information content (AvgIpc) is 2.20. The summed E-state index contributed by atoms with van der Waals surface area (Å²) in [4.78, 5) is 19.7. The van der Waals surface area contributed by atoms with E-state index >= 15 is 0 Å². The fourth-order valence-electron chi connectivity index (χ4n) is 0.509. The summed E-state index contributed by atoms with van der Waals surface area (Å²) in [7, 11) is 0. The summed E-state index contributed by atoms with van der Waals surface area (Å²) < 4.78 is 4.42. The Balaban J connectivity index is 0. The van der Waals surface area contributed by atoms with Gasteiger partial charge in [-0.2, -0.15) is 0 Å². The summed E-state index contributed by atoms with van der Waals surface area (Å²) >= 11 is 0. The van der Waals surface area contributed by atoms with Crippen LogP contribution in [-0.4, -0.2) is 30.6 Å². The SMILES string of the molecule is CCCCO.CCCCOC(=O)C=O. The normalized spacial score (nSPS) is 8.50. The molecule has 0 rings (SSSR count). The van der Waals surface area contributed by atoms with Crippen LogP contribution in [0.25, 0.3) is 0 Å². The first-order valence-electron chi connectivity index (χ1n) is 4.95. The van der Waals surface area contributed by atoms with E-state index in [-0.39, 0.29) is 6.29 Å². The van der Waals surface area contributed by atoms with Crippen LogP contribution in [0.15, 0.2) is 0 Å². The van der Waals surface area contributed by atoms with E-state index in [1.807, 2.05) is 6.92 Å². The average molecular weight is 204 g/mol. The molecule has 0 radical (unpaired) electrons. The largest absolute Gasteiger partial charge is 0.460 e. The van der Waals surface area contributed by atoms with E-state index in [1.165, 1.54) is 0 Å². The highest BCUT2D eigenvalue weighted by Crippen LogP contribution is 1.86. The summed E-state index contributed by atoms with van der Waals surface area (Å²) in [6, 6.07) is 0. The molecule has 0 aliphatic heterocycles. The van der Waals surface area contributed by atoms with Crippen molar-refractivity contribution >= 4 is 12.3 Å². The lowest BCUT2D eigenvalue weighted by molar-refractivity contribution is -0.148. The Hall–Kier alpha value is -0.900. The molecule has 0 aromatic rings. The second kappa shape index (κ2) is 14.6. The maximum absolute atomic E-state index is 10.1. The first kappa shape index (κ1) is 15.6. The molecular formula is C10H20O4. The Kier molecular flexibility index (Phi) is 16.3. The van der Waals surface area contributed by atoms with E-state index in [2.05, 4.69) is 11.7 Å². The molecule has 0 aromatic carbocycles. The van der Waals surface area contributed by atoms with Gasteiger partial charge in [-0.1, -0.05) is 26.7 Å². The van der Waals surface area contributed by atoms with Crippen molar-refractivity contribution in [2.75, 3.05) is 13.2 Å². The molecule has 4 nitrogen and oxygen atoms in total. The molecule has 84 valence electrons. The molecule has 0 atom stereocenters. The number of aldehydes is 1. The quantitative estimate of drug-likeness (QED) is 0.306. The molecule has 0 saturated heterocycles. The molecule has 14 heavy (non-hydrogen) atoms. The Morgan fingerprint density at radius 2 is 1.86 bits per heavy atom. The van der Waals surface area contributed by atoms with Crippen LogP contribution in [0.3, 0.4) is 0 Å². The number of hydrogen-bond donors (Lipinski definition) is 1. The van der Waals surface area contributed by atoms with Crippen LogP contribution in [0.1, 0.15) is 39.5 Å². The molecule has 0 heterocycles. The van der Waals surface area contributed by atoms with Crippen LogP contribution in [0.2, 0.25) is 0 Å². The zero-order valence-corrected chi connectivity index (χ0v) is 8.99. The van der Waals surface area contributed by atoms with E-state index in [0.717, 1.165) is 25.7 Å². The minimum Gasteiger partial charge on any atom is -0.460 e. The fraction of sp³-hybridized carbons (Fsp3) is 0.800. The van der Waals surface area contributed by atoms with Crippen molar-refractivity contribution in [1.82, 2.24) is 0 Å². The lowest BCUT2D eigenvalue weighted by Crippen LogP contribution is -2.05. The highest BCUT2D eigenvalue weighted by molar-refractivity contribution is 6.20. The van der Waals surface area contributed by atoms with Crippen LogP contribution in [-0.2, 0) is 14.3 Å². The van der Waals surface area contributed by atoms with Gasteiger partial charge < -0.3 is 9.84 Å². The van der Waals surface area contributed by atoms with Crippen LogP contribution in [0.5, 0.6) is 0 Å². The Labute approximate surface area is 85.3 Å². The second-order valence-corrected chi connectivity index (χ2v) is 2.72. The molecule has 0 spiro atoms. The number of hydrogen-bond acceptors (Lipinski definition) is 4. The number of aliphatic hydroxyl groups is 1. The zero-order valence-electron chi connectivity index (χ0n) is 8.99. The molecule has 0 aromatic heterocycles. The van der Waals surface area contributed by atoms with Gasteiger partial charge in [0, 0.05) is 6.61 Å². The molecule has 0 aliphatic rings. The van der Waals surface area contributed by atoms with Crippen molar-refractivity contribution < 1.29 is 19.4 Å². The first-order valence-corrected chi connectivity index (χ1v) is 4.95. The Morgan fingerprint density at radius 1 is 1.29 bits per heavy atom. The minimum atomic E-state index is -0.775. The molecule has 1 N–H and O–H groups in total. The van der Waals surface area contributed by atoms with E-state index in [1.54, 1.807) is 0 Å². The predicted octanol–water partition coefficient (Wildman–Crippen LogP) is 1.31. The third kappa shape index (κ3) is 17.3. The van der Waals surface area contributed by atoms with Crippen molar-refractivity contribution in [3.63, 3.8) is 0 Å². The predicted molar refractivity (Wildman–Crippen MR) is 53.9 cm³/mol. The van der Waals surface area contributed by atoms with Crippen LogP contribution in [0.4, 0.5) is 0 Å². The summed E-state index contributed by atoms with van der Waals surface area (Å²) in [5, 5.41) is 8.07. The van der Waals surface area contributed by atoms with Gasteiger partial charge in [-0.05, 0) is 12.8 Å². The van der Waals surface area contributed by atoms with E-state index in [4.69, 9.17) is 5.11 Å². The Bertz CT molecular complexity index is 132. The number of carbonyl (C=O) groups excluding carboxylic acids is 2. The van der Waals surface area contributed by atoms with Gasteiger partial charge in [-0.15, -0.1) is 0 Å². The topological polar surface area (TPSA) is 63.6 Å². The standard InChI is InChI=1S/C6H10O3.C4H10O/c1-2-3-4-9-6(8)5-7;1-2-3-4-5/h5H,2-4H2,1H3;5H,2-4H2,1H3. The van der Waals surface area contributed by atoms with E-state index in [9.17, 15) is 9.59 Å². The van der Waals surface area contributed by atoms with Crippen molar-refractivity contribution in [3.8, 4) is 0 Å². The number of unbranched alkanes of at least 4 members (excludes halogenated alkanes) is 2. The minimum absolute atomic E-state index is 0.176.